The summed E-state index contributed by atoms with van der Waals surface area (Å²) in [4.78, 5) is 8.57. The predicted molar refractivity (Wildman–Crippen MR) is 99.4 cm³/mol. The third-order valence-corrected chi connectivity index (χ3v) is 3.18. The van der Waals surface area contributed by atoms with Crippen LogP contribution in [0.2, 0.25) is 0 Å². The Morgan fingerprint density at radius 2 is 2.14 bits per heavy atom. The Bertz CT molecular complexity index is 567. The minimum atomic E-state index is 0. The third-order valence-electron chi connectivity index (χ3n) is 3.18. The predicted octanol–water partition coefficient (Wildman–Crippen LogP) is 1.96. The normalized spacial score (nSPS) is 10.9. The molecule has 0 fully saturated rings. The second kappa shape index (κ2) is 10.1. The van der Waals surface area contributed by atoms with Gasteiger partial charge in [-0.1, -0.05) is 6.07 Å². The van der Waals surface area contributed by atoms with Crippen molar-refractivity contribution in [2.45, 2.75) is 26.4 Å². The second-order valence-electron chi connectivity index (χ2n) is 4.74. The highest BCUT2D eigenvalue weighted by atomic mass is 127. The van der Waals surface area contributed by atoms with E-state index in [-0.39, 0.29) is 24.0 Å². The van der Waals surface area contributed by atoms with Crippen molar-refractivity contribution in [3.8, 4) is 0 Å². The number of aryl methyl sites for hydroxylation is 2. The van der Waals surface area contributed by atoms with Crippen molar-refractivity contribution in [1.29, 1.82) is 0 Å². The van der Waals surface area contributed by atoms with E-state index in [1.54, 1.807) is 13.2 Å². The van der Waals surface area contributed by atoms with E-state index in [4.69, 9.17) is 0 Å². The van der Waals surface area contributed by atoms with Crippen LogP contribution < -0.4 is 10.6 Å². The van der Waals surface area contributed by atoms with Crippen molar-refractivity contribution >= 4 is 29.9 Å². The number of aliphatic imine (C=N–C) groups is 1. The number of nitrogens with zero attached hydrogens (tertiary/aromatic N) is 4. The summed E-state index contributed by atoms with van der Waals surface area (Å²) in [6.45, 7) is 4.48. The van der Waals surface area contributed by atoms with Gasteiger partial charge in [-0.25, -0.2) is 0 Å². The molecule has 0 atom stereocenters. The summed E-state index contributed by atoms with van der Waals surface area (Å²) >= 11 is 0. The fourth-order valence-electron chi connectivity index (χ4n) is 1.97. The zero-order valence-corrected chi connectivity index (χ0v) is 15.3. The van der Waals surface area contributed by atoms with Crippen LogP contribution in [0.5, 0.6) is 0 Å². The number of halogens is 1. The average molecular weight is 414 g/mol. The SMILES string of the molecule is CN=C(NCCCn1cccn1)NCc1ncccc1C.I. The first-order valence-corrected chi connectivity index (χ1v) is 7.12. The van der Waals surface area contributed by atoms with Crippen molar-refractivity contribution in [1.82, 2.24) is 25.4 Å². The highest BCUT2D eigenvalue weighted by molar-refractivity contribution is 14.0. The van der Waals surface area contributed by atoms with E-state index in [1.165, 1.54) is 5.56 Å². The third kappa shape index (κ3) is 6.00. The summed E-state index contributed by atoms with van der Waals surface area (Å²) in [6, 6.07) is 5.94. The first-order valence-electron chi connectivity index (χ1n) is 7.12. The summed E-state index contributed by atoms with van der Waals surface area (Å²) in [7, 11) is 1.77. The number of nitrogens with one attached hydrogen (secondary N) is 2. The molecule has 2 aromatic rings. The summed E-state index contributed by atoms with van der Waals surface area (Å²) in [5.74, 6) is 0.792. The van der Waals surface area contributed by atoms with Gasteiger partial charge in [-0.3, -0.25) is 14.7 Å². The van der Waals surface area contributed by atoms with Gasteiger partial charge in [-0.15, -0.1) is 24.0 Å². The zero-order chi connectivity index (χ0) is 14.9. The van der Waals surface area contributed by atoms with E-state index < -0.39 is 0 Å². The highest BCUT2D eigenvalue weighted by Crippen LogP contribution is 2.01. The molecule has 2 aromatic heterocycles. The van der Waals surface area contributed by atoms with Gasteiger partial charge in [0, 0.05) is 38.7 Å². The van der Waals surface area contributed by atoms with Crippen LogP contribution in [0.4, 0.5) is 0 Å². The lowest BCUT2D eigenvalue weighted by molar-refractivity contribution is 0.570. The summed E-state index contributed by atoms with van der Waals surface area (Å²) in [6.07, 6.45) is 6.56. The zero-order valence-electron chi connectivity index (χ0n) is 13.0. The lowest BCUT2D eigenvalue weighted by Crippen LogP contribution is -2.37. The molecule has 0 aromatic carbocycles. The van der Waals surface area contributed by atoms with Crippen LogP contribution in [0.1, 0.15) is 17.7 Å². The standard InChI is InChI=1S/C15H22N6.HI/c1-13-6-3-7-17-14(13)12-19-15(16-2)18-8-4-10-21-11-5-9-20-21;/h3,5-7,9,11H,4,8,10,12H2,1-2H3,(H2,16,18,19);1H. The van der Waals surface area contributed by atoms with Gasteiger partial charge in [0.2, 0.25) is 0 Å². The van der Waals surface area contributed by atoms with Crippen LogP contribution in [0.15, 0.2) is 41.8 Å². The van der Waals surface area contributed by atoms with Crippen LogP contribution >= 0.6 is 24.0 Å². The number of aromatic nitrogens is 3. The number of pyridine rings is 1. The molecule has 0 radical (unpaired) electrons. The molecule has 0 amide bonds. The monoisotopic (exact) mass is 414 g/mol. The lowest BCUT2D eigenvalue weighted by atomic mass is 10.2. The number of guanidine groups is 1. The van der Waals surface area contributed by atoms with Crippen molar-refractivity contribution in [2.24, 2.45) is 4.99 Å². The number of hydrogen-bond donors (Lipinski definition) is 2. The molecule has 2 rings (SSSR count). The molecule has 7 heteroatoms. The van der Waals surface area contributed by atoms with E-state index in [1.807, 2.05) is 29.2 Å². The molecule has 0 aliphatic rings. The fourth-order valence-corrected chi connectivity index (χ4v) is 1.97. The molecule has 2 heterocycles. The van der Waals surface area contributed by atoms with Crippen LogP contribution in [0.3, 0.4) is 0 Å². The van der Waals surface area contributed by atoms with E-state index in [9.17, 15) is 0 Å². The Balaban J connectivity index is 0.00000242. The van der Waals surface area contributed by atoms with Gasteiger partial charge in [-0.2, -0.15) is 5.10 Å². The molecular weight excluding hydrogens is 391 g/mol. The van der Waals surface area contributed by atoms with Crippen LogP contribution in [0, 0.1) is 6.92 Å². The summed E-state index contributed by atoms with van der Waals surface area (Å²) < 4.78 is 1.93. The number of rotatable bonds is 6. The minimum Gasteiger partial charge on any atom is -0.356 e. The molecule has 0 bridgehead atoms. The molecule has 0 unspecified atom stereocenters. The van der Waals surface area contributed by atoms with Crippen LogP contribution in [-0.4, -0.2) is 34.3 Å². The Morgan fingerprint density at radius 3 is 2.82 bits per heavy atom. The fraction of sp³-hybridized carbons (Fsp3) is 0.400. The van der Waals surface area contributed by atoms with Crippen LogP contribution in [-0.2, 0) is 13.1 Å². The van der Waals surface area contributed by atoms with Gasteiger partial charge in [0.05, 0.1) is 12.2 Å². The topological polar surface area (TPSA) is 67.1 Å². The summed E-state index contributed by atoms with van der Waals surface area (Å²) in [5.41, 5.74) is 2.22. The highest BCUT2D eigenvalue weighted by Gasteiger charge is 2.01. The lowest BCUT2D eigenvalue weighted by Gasteiger charge is -2.12. The van der Waals surface area contributed by atoms with E-state index in [0.29, 0.717) is 6.54 Å². The van der Waals surface area contributed by atoms with E-state index in [2.05, 4.69) is 38.7 Å². The molecule has 0 saturated carbocycles. The van der Waals surface area contributed by atoms with E-state index in [0.717, 1.165) is 31.2 Å². The molecule has 22 heavy (non-hydrogen) atoms. The molecule has 0 saturated heterocycles. The van der Waals surface area contributed by atoms with Gasteiger partial charge in [0.15, 0.2) is 5.96 Å². The first-order chi connectivity index (χ1) is 10.3. The quantitative estimate of drug-likeness (QED) is 0.328. The van der Waals surface area contributed by atoms with E-state index >= 15 is 0 Å². The molecule has 6 nitrogen and oxygen atoms in total. The maximum atomic E-state index is 4.36. The van der Waals surface area contributed by atoms with Gasteiger partial charge in [0.25, 0.3) is 0 Å². The Labute approximate surface area is 148 Å². The second-order valence-corrected chi connectivity index (χ2v) is 4.74. The van der Waals surface area contributed by atoms with Crippen molar-refractivity contribution in [2.75, 3.05) is 13.6 Å². The Morgan fingerprint density at radius 1 is 1.27 bits per heavy atom. The largest absolute Gasteiger partial charge is 0.356 e. The van der Waals surface area contributed by atoms with Gasteiger partial charge < -0.3 is 10.6 Å². The average Bonchev–Trinajstić information content (AvgIpc) is 3.01. The molecule has 120 valence electrons. The first kappa shape index (κ1) is 18.4. The smallest absolute Gasteiger partial charge is 0.191 e. The number of hydrogen-bond acceptors (Lipinski definition) is 3. The van der Waals surface area contributed by atoms with Gasteiger partial charge >= 0.3 is 0 Å². The molecular formula is C15H23IN6. The van der Waals surface area contributed by atoms with Gasteiger partial charge in [-0.05, 0) is 31.0 Å². The van der Waals surface area contributed by atoms with Crippen LogP contribution in [0.25, 0.3) is 0 Å². The van der Waals surface area contributed by atoms with Gasteiger partial charge in [0.1, 0.15) is 0 Å². The Kier molecular flexibility index (Phi) is 8.49. The molecule has 0 spiro atoms. The minimum absolute atomic E-state index is 0. The summed E-state index contributed by atoms with van der Waals surface area (Å²) in [5, 5.41) is 10.7. The molecule has 2 N–H and O–H groups in total. The molecule has 0 aliphatic carbocycles. The van der Waals surface area contributed by atoms with Crippen molar-refractivity contribution in [3.63, 3.8) is 0 Å². The van der Waals surface area contributed by atoms with Crippen molar-refractivity contribution < 1.29 is 0 Å². The molecule has 0 aliphatic heterocycles. The van der Waals surface area contributed by atoms with Crippen molar-refractivity contribution in [3.05, 3.63) is 48.0 Å². The maximum Gasteiger partial charge on any atom is 0.191 e. The maximum absolute atomic E-state index is 4.36. The Hall–Kier alpha value is -1.64.